The first-order chi connectivity index (χ1) is 8.31. The van der Waals surface area contributed by atoms with E-state index in [0.29, 0.717) is 5.56 Å². The summed E-state index contributed by atoms with van der Waals surface area (Å²) in [6.45, 7) is 1.24. The van der Waals surface area contributed by atoms with Crippen LogP contribution >= 0.6 is 22.6 Å². The number of benzene rings is 1. The average molecular weight is 374 g/mol. The molecule has 0 aliphatic carbocycles. The lowest BCUT2D eigenvalue weighted by molar-refractivity contribution is -0.341. The first-order valence-electron chi connectivity index (χ1n) is 4.90. The maximum atomic E-state index is 12.1. The fourth-order valence-electron chi connectivity index (χ4n) is 1.27. The summed E-state index contributed by atoms with van der Waals surface area (Å²) in [7, 11) is 0. The van der Waals surface area contributed by atoms with Crippen molar-refractivity contribution in [2.75, 3.05) is 4.43 Å². The molecule has 1 unspecified atom stereocenters. The lowest BCUT2D eigenvalue weighted by Gasteiger charge is -2.17. The number of carbonyl (C=O) groups excluding carboxylic acids is 1. The number of ether oxygens (including phenoxy) is 2. The highest BCUT2D eigenvalue weighted by molar-refractivity contribution is 14.1. The summed E-state index contributed by atoms with van der Waals surface area (Å²) in [6, 6.07) is 5.73. The Bertz CT molecular complexity index is 403. The van der Waals surface area contributed by atoms with Crippen LogP contribution in [0.15, 0.2) is 24.3 Å². The Morgan fingerprint density at radius 3 is 2.28 bits per heavy atom. The van der Waals surface area contributed by atoms with Crippen molar-refractivity contribution in [3.8, 4) is 5.75 Å². The van der Waals surface area contributed by atoms with Crippen LogP contribution in [-0.2, 0) is 9.53 Å². The van der Waals surface area contributed by atoms with Gasteiger partial charge < -0.3 is 4.74 Å². The van der Waals surface area contributed by atoms with Crippen LogP contribution in [0.4, 0.5) is 13.2 Å². The third-order valence-electron chi connectivity index (χ3n) is 1.93. The van der Waals surface area contributed by atoms with Gasteiger partial charge in [0.2, 0.25) is 0 Å². The topological polar surface area (TPSA) is 35.5 Å². The quantitative estimate of drug-likeness (QED) is 0.350. The Kier molecular flexibility index (Phi) is 5.39. The zero-order valence-corrected chi connectivity index (χ0v) is 11.5. The molecule has 0 spiro atoms. The Labute approximate surface area is 115 Å². The van der Waals surface area contributed by atoms with E-state index in [1.807, 2.05) is 22.6 Å². The fourth-order valence-corrected chi connectivity index (χ4v) is 1.95. The third-order valence-corrected chi connectivity index (χ3v) is 2.73. The Hall–Kier alpha value is -0.830. The number of carbonyl (C=O) groups is 1. The van der Waals surface area contributed by atoms with Gasteiger partial charge in [0, 0.05) is 11.4 Å². The van der Waals surface area contributed by atoms with Crippen molar-refractivity contribution >= 4 is 28.6 Å². The van der Waals surface area contributed by atoms with Crippen molar-refractivity contribution in [3.63, 3.8) is 0 Å². The summed E-state index contributed by atoms with van der Waals surface area (Å²) in [5.41, 5.74) is 0.373. The van der Waals surface area contributed by atoms with E-state index >= 15 is 0 Å². The summed E-state index contributed by atoms with van der Waals surface area (Å²) in [4.78, 5) is 10.7. The molecule has 0 fully saturated rings. The standard InChI is InChI=1S/C11H10F3IO3/c1-7(16)17-9-4-2-8(3-5-9)10(6-15)18-11(12,13)14/h2-5,10H,6H2,1H3. The summed E-state index contributed by atoms with van der Waals surface area (Å²) in [5.74, 6) is -0.204. The van der Waals surface area contributed by atoms with Crippen LogP contribution in [0.3, 0.4) is 0 Å². The number of halogens is 4. The van der Waals surface area contributed by atoms with Crippen molar-refractivity contribution < 1.29 is 27.4 Å². The van der Waals surface area contributed by atoms with Gasteiger partial charge >= 0.3 is 12.3 Å². The van der Waals surface area contributed by atoms with Gasteiger partial charge in [-0.1, -0.05) is 34.7 Å². The summed E-state index contributed by atoms with van der Waals surface area (Å²) in [5, 5.41) is 0. The maximum Gasteiger partial charge on any atom is 0.523 e. The molecule has 0 aromatic heterocycles. The van der Waals surface area contributed by atoms with E-state index in [-0.39, 0.29) is 10.2 Å². The molecule has 100 valence electrons. The lowest BCUT2D eigenvalue weighted by Crippen LogP contribution is -2.19. The van der Waals surface area contributed by atoms with Crippen LogP contribution in [-0.4, -0.2) is 16.8 Å². The molecule has 7 heteroatoms. The zero-order valence-electron chi connectivity index (χ0n) is 9.33. The summed E-state index contributed by atoms with van der Waals surface area (Å²) >= 11 is 1.81. The molecule has 18 heavy (non-hydrogen) atoms. The van der Waals surface area contributed by atoms with Crippen LogP contribution in [0.1, 0.15) is 18.6 Å². The van der Waals surface area contributed by atoms with Crippen LogP contribution in [0, 0.1) is 0 Å². The number of alkyl halides is 4. The first-order valence-corrected chi connectivity index (χ1v) is 6.43. The van der Waals surface area contributed by atoms with Crippen molar-refractivity contribution in [1.82, 2.24) is 0 Å². The zero-order chi connectivity index (χ0) is 13.8. The van der Waals surface area contributed by atoms with Gasteiger partial charge in [-0.2, -0.15) is 0 Å². The molecule has 1 aromatic rings. The predicted molar refractivity (Wildman–Crippen MR) is 66.5 cm³/mol. The summed E-state index contributed by atoms with van der Waals surface area (Å²) < 4.78 is 45.3. The monoisotopic (exact) mass is 374 g/mol. The second-order valence-electron chi connectivity index (χ2n) is 3.37. The molecule has 0 saturated heterocycles. The largest absolute Gasteiger partial charge is 0.523 e. The fraction of sp³-hybridized carbons (Fsp3) is 0.364. The molecule has 0 bridgehead atoms. The highest BCUT2D eigenvalue weighted by atomic mass is 127. The molecule has 0 saturated carbocycles. The molecule has 0 radical (unpaired) electrons. The molecule has 3 nitrogen and oxygen atoms in total. The van der Waals surface area contributed by atoms with E-state index in [0.717, 1.165) is 0 Å². The number of hydrogen-bond donors (Lipinski definition) is 0. The van der Waals surface area contributed by atoms with Gasteiger partial charge in [-0.15, -0.1) is 13.2 Å². The highest BCUT2D eigenvalue weighted by Crippen LogP contribution is 2.30. The molecule has 1 rings (SSSR count). The minimum Gasteiger partial charge on any atom is -0.427 e. The first kappa shape index (κ1) is 15.2. The van der Waals surface area contributed by atoms with Crippen molar-refractivity contribution in [2.45, 2.75) is 19.4 Å². The second kappa shape index (κ2) is 6.37. The van der Waals surface area contributed by atoms with Gasteiger partial charge in [0.1, 0.15) is 11.9 Å². The van der Waals surface area contributed by atoms with E-state index in [9.17, 15) is 18.0 Å². The van der Waals surface area contributed by atoms with Crippen LogP contribution < -0.4 is 4.74 Å². The Balaban J connectivity index is 2.78. The lowest BCUT2D eigenvalue weighted by atomic mass is 10.1. The number of hydrogen-bond acceptors (Lipinski definition) is 3. The average Bonchev–Trinajstić information content (AvgIpc) is 2.25. The minimum atomic E-state index is -4.68. The molecule has 0 aliphatic rings. The molecular weight excluding hydrogens is 364 g/mol. The van der Waals surface area contributed by atoms with Crippen molar-refractivity contribution in [2.24, 2.45) is 0 Å². The Morgan fingerprint density at radius 1 is 1.33 bits per heavy atom. The van der Waals surface area contributed by atoms with Crippen LogP contribution in [0.2, 0.25) is 0 Å². The molecular formula is C11H10F3IO3. The molecule has 0 heterocycles. The minimum absolute atomic E-state index is 0.157. The summed E-state index contributed by atoms with van der Waals surface area (Å²) in [6.07, 6.45) is -5.75. The van der Waals surface area contributed by atoms with Gasteiger partial charge in [0.15, 0.2) is 0 Å². The normalized spacial score (nSPS) is 13.2. The molecule has 0 N–H and O–H groups in total. The van der Waals surface area contributed by atoms with E-state index < -0.39 is 18.4 Å². The van der Waals surface area contributed by atoms with Gasteiger partial charge in [0.05, 0.1) is 0 Å². The maximum absolute atomic E-state index is 12.1. The van der Waals surface area contributed by atoms with Gasteiger partial charge in [0.25, 0.3) is 0 Å². The van der Waals surface area contributed by atoms with E-state index in [2.05, 4.69) is 4.74 Å². The highest BCUT2D eigenvalue weighted by Gasteiger charge is 2.33. The van der Waals surface area contributed by atoms with E-state index in [1.54, 1.807) is 0 Å². The Morgan fingerprint density at radius 2 is 1.89 bits per heavy atom. The molecule has 0 amide bonds. The van der Waals surface area contributed by atoms with Crippen LogP contribution in [0.25, 0.3) is 0 Å². The van der Waals surface area contributed by atoms with Gasteiger partial charge in [-0.25, -0.2) is 0 Å². The van der Waals surface area contributed by atoms with E-state index in [1.165, 1.54) is 31.2 Å². The SMILES string of the molecule is CC(=O)Oc1ccc(C(CI)OC(F)(F)F)cc1. The predicted octanol–water partition coefficient (Wildman–Crippen LogP) is 3.62. The molecule has 0 aliphatic heterocycles. The van der Waals surface area contributed by atoms with Crippen LogP contribution in [0.5, 0.6) is 5.75 Å². The van der Waals surface area contributed by atoms with Gasteiger partial charge in [-0.05, 0) is 17.7 Å². The van der Waals surface area contributed by atoms with Gasteiger partial charge in [-0.3, -0.25) is 9.53 Å². The van der Waals surface area contributed by atoms with Crippen molar-refractivity contribution in [1.29, 1.82) is 0 Å². The number of rotatable bonds is 4. The second-order valence-corrected chi connectivity index (χ2v) is 4.25. The van der Waals surface area contributed by atoms with E-state index in [4.69, 9.17) is 4.74 Å². The third kappa shape index (κ3) is 5.21. The van der Waals surface area contributed by atoms with Crippen molar-refractivity contribution in [3.05, 3.63) is 29.8 Å². The molecule has 1 aromatic carbocycles. The molecule has 1 atom stereocenters. The smallest absolute Gasteiger partial charge is 0.427 e. The number of esters is 1.